The zero-order chi connectivity index (χ0) is 14.7. The van der Waals surface area contributed by atoms with E-state index in [-0.39, 0.29) is 30.2 Å². The van der Waals surface area contributed by atoms with Crippen molar-refractivity contribution >= 4 is 0 Å². The zero-order valence-corrected chi connectivity index (χ0v) is 8.73. The van der Waals surface area contributed by atoms with Gasteiger partial charge >= 0.3 is 0 Å². The fraction of sp³-hybridized carbons (Fsp3) is 0.538. The van der Waals surface area contributed by atoms with E-state index in [4.69, 9.17) is 11.6 Å². The molecular formula is C13H19NO. The number of benzene rings is 1. The van der Waals surface area contributed by atoms with Crippen LogP contribution < -0.4 is 5.32 Å². The van der Waals surface area contributed by atoms with Crippen LogP contribution in [0.2, 0.25) is 0 Å². The van der Waals surface area contributed by atoms with E-state index >= 15 is 0 Å². The van der Waals surface area contributed by atoms with Crippen molar-refractivity contribution in [2.24, 2.45) is 5.92 Å². The molecular weight excluding hydrogens is 186 g/mol. The van der Waals surface area contributed by atoms with Crippen LogP contribution in [-0.2, 0) is 11.3 Å². The highest BCUT2D eigenvalue weighted by molar-refractivity contribution is 5.14. The first-order valence-electron chi connectivity index (χ1n) is 7.86. The fourth-order valence-electron chi connectivity index (χ4n) is 1.72. The van der Waals surface area contributed by atoms with Gasteiger partial charge in [-0.15, -0.1) is 0 Å². The van der Waals surface area contributed by atoms with Crippen LogP contribution in [0.15, 0.2) is 30.2 Å². The predicted octanol–water partition coefficient (Wildman–Crippen LogP) is 2.20. The average molecular weight is 210 g/mol. The Labute approximate surface area is 98.7 Å². The highest BCUT2D eigenvalue weighted by Gasteiger charge is 2.12. The quantitative estimate of drug-likeness (QED) is 0.822. The molecule has 0 atom stereocenters. The molecule has 15 heavy (non-hydrogen) atoms. The smallest absolute Gasteiger partial charge is 0.0626 e. The van der Waals surface area contributed by atoms with Gasteiger partial charge in [0.25, 0.3) is 0 Å². The molecule has 0 unspecified atom stereocenters. The molecule has 0 spiro atoms. The molecule has 1 aromatic rings. The van der Waals surface area contributed by atoms with Gasteiger partial charge in [-0.05, 0) is 30.9 Å². The van der Waals surface area contributed by atoms with Crippen molar-refractivity contribution in [3.8, 4) is 0 Å². The third kappa shape index (κ3) is 3.65. The Bertz CT molecular complexity index is 459. The topological polar surface area (TPSA) is 21.3 Å². The summed E-state index contributed by atoms with van der Waals surface area (Å²) in [6, 6.07) is -1.11. The average Bonchev–Trinajstić information content (AvgIpc) is 2.48. The maximum Gasteiger partial charge on any atom is 0.0626 e. The molecule has 2 rings (SSSR count). The lowest BCUT2D eigenvalue weighted by atomic mass is 10.0. The number of hydrogen-bond donors (Lipinski definition) is 1. The maximum atomic E-state index is 7.83. The molecule has 1 fully saturated rings. The molecule has 2 heteroatoms. The first kappa shape index (κ1) is 6.02. The van der Waals surface area contributed by atoms with Crippen LogP contribution in [0.4, 0.5) is 0 Å². The first-order valence-corrected chi connectivity index (χ1v) is 5.36. The standard InChI is InChI=1S/C13H19NO/c1-2-4-12(5-3-1)10-14-11-13-6-8-15-9-7-13/h1-5,13-14H,6-11H2/i1D,2D,3D,4D,5D. The van der Waals surface area contributed by atoms with Crippen LogP contribution in [0.3, 0.4) is 0 Å². The third-order valence-electron chi connectivity index (χ3n) is 2.63. The molecule has 0 bridgehead atoms. The summed E-state index contributed by atoms with van der Waals surface area (Å²) in [5.41, 5.74) is 0.336. The van der Waals surface area contributed by atoms with Crippen LogP contribution in [0, 0.1) is 5.92 Å². The van der Waals surface area contributed by atoms with E-state index in [2.05, 4.69) is 5.32 Å². The highest BCUT2D eigenvalue weighted by atomic mass is 16.5. The van der Waals surface area contributed by atoms with Crippen molar-refractivity contribution in [1.29, 1.82) is 0 Å². The van der Waals surface area contributed by atoms with Gasteiger partial charge in [0.15, 0.2) is 0 Å². The molecule has 1 N–H and O–H groups in total. The molecule has 0 aromatic heterocycles. The molecule has 1 heterocycles. The SMILES string of the molecule is [2H]c1c([2H])c([2H])c(CNCC2CCOCC2)c([2H])c1[2H]. The van der Waals surface area contributed by atoms with Gasteiger partial charge in [0.1, 0.15) is 0 Å². The van der Waals surface area contributed by atoms with Gasteiger partial charge in [-0.2, -0.15) is 0 Å². The van der Waals surface area contributed by atoms with Gasteiger partial charge < -0.3 is 10.1 Å². The monoisotopic (exact) mass is 210 g/mol. The normalized spacial score (nSPS) is 22.5. The Kier molecular flexibility index (Phi) is 2.36. The van der Waals surface area contributed by atoms with Gasteiger partial charge in [0.05, 0.1) is 6.85 Å². The van der Waals surface area contributed by atoms with Gasteiger partial charge in [-0.1, -0.05) is 30.2 Å². The van der Waals surface area contributed by atoms with Crippen molar-refractivity contribution in [3.63, 3.8) is 0 Å². The third-order valence-corrected chi connectivity index (χ3v) is 2.63. The highest BCUT2D eigenvalue weighted by Crippen LogP contribution is 2.13. The van der Waals surface area contributed by atoms with Crippen molar-refractivity contribution in [2.45, 2.75) is 19.4 Å². The lowest BCUT2D eigenvalue weighted by molar-refractivity contribution is 0.0662. The fourth-order valence-corrected chi connectivity index (χ4v) is 1.72. The summed E-state index contributed by atoms with van der Waals surface area (Å²) in [5, 5.41) is 3.20. The summed E-state index contributed by atoms with van der Waals surface area (Å²) in [6.07, 6.45) is 2.01. The van der Waals surface area contributed by atoms with Crippen molar-refractivity contribution in [1.82, 2.24) is 5.32 Å². The summed E-state index contributed by atoms with van der Waals surface area (Å²) >= 11 is 0. The van der Waals surface area contributed by atoms with Gasteiger partial charge in [-0.3, -0.25) is 0 Å². The molecule has 0 amide bonds. The summed E-state index contributed by atoms with van der Waals surface area (Å²) < 4.78 is 43.7. The van der Waals surface area contributed by atoms with E-state index in [1.807, 2.05) is 0 Å². The molecule has 1 saturated heterocycles. The van der Waals surface area contributed by atoms with E-state index in [1.54, 1.807) is 0 Å². The Morgan fingerprint density at radius 3 is 2.73 bits per heavy atom. The minimum Gasteiger partial charge on any atom is -0.381 e. The Morgan fingerprint density at radius 1 is 1.27 bits per heavy atom. The van der Waals surface area contributed by atoms with Crippen LogP contribution in [0.5, 0.6) is 0 Å². The Balaban J connectivity index is 2.02. The molecule has 0 radical (unpaired) electrons. The second kappa shape index (κ2) is 5.89. The number of ether oxygens (including phenoxy) is 1. The van der Waals surface area contributed by atoms with E-state index in [0.717, 1.165) is 32.6 Å². The summed E-state index contributed by atoms with van der Waals surface area (Å²) in [4.78, 5) is 0. The van der Waals surface area contributed by atoms with Crippen LogP contribution in [-0.4, -0.2) is 19.8 Å². The number of hydrogen-bond acceptors (Lipinski definition) is 2. The van der Waals surface area contributed by atoms with Gasteiger partial charge in [-0.25, -0.2) is 0 Å². The zero-order valence-electron chi connectivity index (χ0n) is 13.7. The van der Waals surface area contributed by atoms with Gasteiger partial charge in [0.2, 0.25) is 0 Å². The molecule has 1 aliphatic rings. The Morgan fingerprint density at radius 2 is 2.00 bits per heavy atom. The second-order valence-electron chi connectivity index (χ2n) is 3.79. The first-order chi connectivity index (χ1) is 9.52. The van der Waals surface area contributed by atoms with E-state index in [0.29, 0.717) is 18.0 Å². The largest absolute Gasteiger partial charge is 0.381 e. The summed E-state index contributed by atoms with van der Waals surface area (Å²) in [6.45, 7) is 2.64. The second-order valence-corrected chi connectivity index (χ2v) is 3.79. The van der Waals surface area contributed by atoms with E-state index in [9.17, 15) is 0 Å². The maximum absolute atomic E-state index is 7.83. The van der Waals surface area contributed by atoms with E-state index < -0.39 is 0 Å². The molecule has 0 aliphatic carbocycles. The molecule has 0 saturated carbocycles. The minimum absolute atomic E-state index is 0.115. The van der Waals surface area contributed by atoms with Crippen LogP contribution >= 0.6 is 0 Å². The summed E-state index contributed by atoms with van der Waals surface area (Å²) in [7, 11) is 0. The Hall–Kier alpha value is -0.860. The van der Waals surface area contributed by atoms with Crippen molar-refractivity contribution in [3.05, 3.63) is 35.8 Å². The molecule has 2 nitrogen and oxygen atoms in total. The summed E-state index contributed by atoms with van der Waals surface area (Å²) in [5.74, 6) is 0.536. The van der Waals surface area contributed by atoms with Crippen molar-refractivity contribution < 1.29 is 11.6 Å². The molecule has 1 aromatic carbocycles. The number of nitrogens with one attached hydrogen (secondary N) is 1. The lowest BCUT2D eigenvalue weighted by Gasteiger charge is -2.22. The number of rotatable bonds is 4. The minimum atomic E-state index is -0.340. The predicted molar refractivity (Wildman–Crippen MR) is 61.7 cm³/mol. The van der Waals surface area contributed by atoms with Crippen LogP contribution in [0.25, 0.3) is 0 Å². The van der Waals surface area contributed by atoms with Crippen LogP contribution in [0.1, 0.15) is 25.3 Å². The van der Waals surface area contributed by atoms with E-state index in [1.165, 1.54) is 0 Å². The van der Waals surface area contributed by atoms with Crippen molar-refractivity contribution in [2.75, 3.05) is 19.8 Å². The molecule has 1 aliphatic heterocycles. The lowest BCUT2D eigenvalue weighted by Crippen LogP contribution is -2.27. The molecule has 82 valence electrons. The van der Waals surface area contributed by atoms with Gasteiger partial charge in [0, 0.05) is 19.8 Å².